The highest BCUT2D eigenvalue weighted by Crippen LogP contribution is 2.34. The second-order valence-electron chi connectivity index (χ2n) is 8.80. The zero-order valence-electron chi connectivity index (χ0n) is 20.3. The summed E-state index contributed by atoms with van der Waals surface area (Å²) in [5.74, 6) is -0.869. The summed E-state index contributed by atoms with van der Waals surface area (Å²) in [6.45, 7) is 0.366. The molecule has 0 radical (unpaired) electrons. The first-order valence-corrected chi connectivity index (χ1v) is 13.7. The number of rotatable bonds is 9. The van der Waals surface area contributed by atoms with Crippen molar-refractivity contribution in [2.45, 2.75) is 25.0 Å². The van der Waals surface area contributed by atoms with Gasteiger partial charge in [0.15, 0.2) is 6.10 Å². The molecule has 1 heterocycles. The first-order valence-electron chi connectivity index (χ1n) is 11.8. The van der Waals surface area contributed by atoms with Gasteiger partial charge in [-0.05, 0) is 41.8 Å². The molecule has 2 unspecified atom stereocenters. The summed E-state index contributed by atoms with van der Waals surface area (Å²) in [6, 6.07) is 20.9. The molecular weight excluding hydrogens is 497 g/mol. The molecule has 0 fully saturated rings. The summed E-state index contributed by atoms with van der Waals surface area (Å²) in [5.41, 5.74) is 2.01. The van der Waals surface area contributed by atoms with Gasteiger partial charge in [-0.25, -0.2) is 17.5 Å². The van der Waals surface area contributed by atoms with Gasteiger partial charge in [0, 0.05) is 13.0 Å². The van der Waals surface area contributed by atoms with Gasteiger partial charge in [0.05, 0.1) is 24.5 Å². The summed E-state index contributed by atoms with van der Waals surface area (Å²) < 4.78 is 45.8. The molecule has 0 saturated carbocycles. The van der Waals surface area contributed by atoms with Gasteiger partial charge >= 0.3 is 0 Å². The van der Waals surface area contributed by atoms with E-state index >= 15 is 0 Å². The summed E-state index contributed by atoms with van der Waals surface area (Å²) in [5, 5.41) is 2.87. The van der Waals surface area contributed by atoms with Crippen LogP contribution in [0.5, 0.6) is 5.75 Å². The molecule has 2 atom stereocenters. The van der Waals surface area contributed by atoms with E-state index in [9.17, 15) is 22.4 Å². The smallest absolute Gasteiger partial charge is 0.262 e. The number of nitrogens with zero attached hydrogens (tertiary/aromatic N) is 1. The van der Waals surface area contributed by atoms with Gasteiger partial charge in [0.2, 0.25) is 15.9 Å². The Balaban J connectivity index is 1.50. The molecule has 8 nitrogen and oxygen atoms in total. The molecule has 37 heavy (non-hydrogen) atoms. The van der Waals surface area contributed by atoms with Crippen LogP contribution < -0.4 is 19.7 Å². The molecule has 3 aromatic rings. The molecule has 2 amide bonds. The third kappa shape index (κ3) is 7.14. The third-order valence-corrected chi connectivity index (χ3v) is 6.64. The number of carbonyl (C=O) groups is 2. The highest BCUT2D eigenvalue weighted by atomic mass is 32.2. The van der Waals surface area contributed by atoms with Gasteiger partial charge in [0.1, 0.15) is 11.6 Å². The lowest BCUT2D eigenvalue weighted by Gasteiger charge is -2.35. The fraction of sp³-hybridized carbons (Fsp3) is 0.259. The average molecular weight is 526 g/mol. The molecule has 3 aromatic carbocycles. The van der Waals surface area contributed by atoms with Gasteiger partial charge in [-0.15, -0.1) is 0 Å². The highest BCUT2D eigenvalue weighted by Gasteiger charge is 2.35. The molecular formula is C27H28FN3O5S. The maximum Gasteiger partial charge on any atom is 0.262 e. The highest BCUT2D eigenvalue weighted by molar-refractivity contribution is 7.88. The predicted molar refractivity (Wildman–Crippen MR) is 138 cm³/mol. The van der Waals surface area contributed by atoms with Crippen molar-refractivity contribution < 1.29 is 27.1 Å². The predicted octanol–water partition coefficient (Wildman–Crippen LogP) is 2.96. The fourth-order valence-electron chi connectivity index (χ4n) is 4.16. The van der Waals surface area contributed by atoms with Gasteiger partial charge in [0.25, 0.3) is 5.91 Å². The van der Waals surface area contributed by atoms with Crippen molar-refractivity contribution in [3.05, 3.63) is 95.8 Å². The molecule has 1 aliphatic heterocycles. The van der Waals surface area contributed by atoms with Gasteiger partial charge in [-0.2, -0.15) is 0 Å². The van der Waals surface area contributed by atoms with Crippen LogP contribution >= 0.6 is 0 Å². The standard InChI is InChI=1S/C27H28FN3O5S/c1-37(34,35)30-22(20-11-13-21(28)14-12-20)17-26(32)31-18-25(36-24-10-6-5-9-23(24)31)27(33)29-16-15-19-7-3-2-4-8-19/h2-14,22,25,30H,15-18H2,1H3,(H,29,33). The molecule has 0 aromatic heterocycles. The number of halogens is 1. The topological polar surface area (TPSA) is 105 Å². The van der Waals surface area contributed by atoms with Crippen LogP contribution in [0.2, 0.25) is 0 Å². The van der Waals surface area contributed by atoms with Crippen LogP contribution in [-0.2, 0) is 26.0 Å². The maximum absolute atomic E-state index is 13.5. The monoisotopic (exact) mass is 525 g/mol. The molecule has 4 rings (SSSR count). The first kappa shape index (κ1) is 26.3. The number of fused-ring (bicyclic) bond motifs is 1. The van der Waals surface area contributed by atoms with Gasteiger partial charge in [-0.3, -0.25) is 9.59 Å². The van der Waals surface area contributed by atoms with Crippen molar-refractivity contribution in [2.75, 3.05) is 24.2 Å². The minimum atomic E-state index is -3.68. The molecule has 194 valence electrons. The van der Waals surface area contributed by atoms with E-state index in [1.807, 2.05) is 30.3 Å². The minimum absolute atomic E-state index is 0.0397. The van der Waals surface area contributed by atoms with E-state index in [-0.39, 0.29) is 18.9 Å². The Morgan fingerprint density at radius 1 is 1.03 bits per heavy atom. The molecule has 10 heteroatoms. The Labute approximate surface area is 215 Å². The largest absolute Gasteiger partial charge is 0.477 e. The number of hydrogen-bond acceptors (Lipinski definition) is 5. The van der Waals surface area contributed by atoms with E-state index < -0.39 is 33.9 Å². The average Bonchev–Trinajstić information content (AvgIpc) is 2.88. The van der Waals surface area contributed by atoms with E-state index in [4.69, 9.17) is 4.74 Å². The quantitative estimate of drug-likeness (QED) is 0.447. The number of amides is 2. The Hall–Kier alpha value is -3.76. The summed E-state index contributed by atoms with van der Waals surface area (Å²) >= 11 is 0. The van der Waals surface area contributed by atoms with Crippen molar-refractivity contribution in [1.29, 1.82) is 0 Å². The number of sulfonamides is 1. The molecule has 0 aliphatic carbocycles. The van der Waals surface area contributed by atoms with Crippen molar-refractivity contribution >= 4 is 27.5 Å². The van der Waals surface area contributed by atoms with Crippen LogP contribution in [0.25, 0.3) is 0 Å². The second-order valence-corrected chi connectivity index (χ2v) is 10.6. The first-order chi connectivity index (χ1) is 17.7. The number of benzene rings is 3. The number of para-hydroxylation sites is 2. The van der Waals surface area contributed by atoms with Crippen molar-refractivity contribution in [2.24, 2.45) is 0 Å². The fourth-order valence-corrected chi connectivity index (χ4v) is 4.90. The van der Waals surface area contributed by atoms with Crippen LogP contribution in [0.1, 0.15) is 23.6 Å². The van der Waals surface area contributed by atoms with Crippen LogP contribution in [0.3, 0.4) is 0 Å². The SMILES string of the molecule is CS(=O)(=O)NC(CC(=O)N1CC(C(=O)NCCc2ccccc2)Oc2ccccc21)c1ccc(F)cc1. The summed E-state index contributed by atoms with van der Waals surface area (Å²) in [7, 11) is -3.68. The Morgan fingerprint density at radius 3 is 2.41 bits per heavy atom. The van der Waals surface area contributed by atoms with E-state index in [0.29, 0.717) is 30.0 Å². The number of hydrogen-bond donors (Lipinski definition) is 2. The Morgan fingerprint density at radius 2 is 1.70 bits per heavy atom. The maximum atomic E-state index is 13.5. The zero-order valence-corrected chi connectivity index (χ0v) is 21.1. The van der Waals surface area contributed by atoms with E-state index in [2.05, 4.69) is 10.0 Å². The zero-order chi connectivity index (χ0) is 26.4. The third-order valence-electron chi connectivity index (χ3n) is 5.93. The molecule has 2 N–H and O–H groups in total. The normalized spacial score (nSPS) is 15.8. The number of anilines is 1. The lowest BCUT2D eigenvalue weighted by Crippen LogP contribution is -2.51. The second kappa shape index (κ2) is 11.5. The Bertz CT molecular complexity index is 1350. The number of carbonyl (C=O) groups excluding carboxylic acids is 2. The molecule has 0 saturated heterocycles. The van der Waals surface area contributed by atoms with Crippen LogP contribution in [0.4, 0.5) is 10.1 Å². The molecule has 0 spiro atoms. The molecule has 1 aliphatic rings. The Kier molecular flexibility index (Phi) is 8.20. The summed E-state index contributed by atoms with van der Waals surface area (Å²) in [4.78, 5) is 27.9. The van der Waals surface area contributed by atoms with E-state index in [1.165, 1.54) is 29.2 Å². The van der Waals surface area contributed by atoms with E-state index in [0.717, 1.165) is 11.8 Å². The van der Waals surface area contributed by atoms with Crippen LogP contribution in [-0.4, -0.2) is 45.7 Å². The van der Waals surface area contributed by atoms with E-state index in [1.54, 1.807) is 24.3 Å². The number of ether oxygens (including phenoxy) is 1. The van der Waals surface area contributed by atoms with Crippen molar-refractivity contribution in [3.63, 3.8) is 0 Å². The van der Waals surface area contributed by atoms with Crippen molar-refractivity contribution in [3.8, 4) is 5.75 Å². The lowest BCUT2D eigenvalue weighted by molar-refractivity contribution is -0.128. The van der Waals surface area contributed by atoms with Crippen LogP contribution in [0.15, 0.2) is 78.9 Å². The summed E-state index contributed by atoms with van der Waals surface area (Å²) in [6.07, 6.45) is 0.458. The van der Waals surface area contributed by atoms with Gasteiger partial charge in [-0.1, -0.05) is 54.6 Å². The number of nitrogens with one attached hydrogen (secondary N) is 2. The molecule has 0 bridgehead atoms. The minimum Gasteiger partial charge on any atom is -0.477 e. The van der Waals surface area contributed by atoms with Crippen molar-refractivity contribution in [1.82, 2.24) is 10.0 Å². The van der Waals surface area contributed by atoms with Crippen LogP contribution in [0, 0.1) is 5.82 Å². The lowest BCUT2D eigenvalue weighted by atomic mass is 10.0. The van der Waals surface area contributed by atoms with Gasteiger partial charge < -0.3 is 15.0 Å².